The van der Waals surface area contributed by atoms with Gasteiger partial charge in [0, 0.05) is 24.4 Å². The van der Waals surface area contributed by atoms with Crippen molar-refractivity contribution < 1.29 is 14.3 Å². The number of hydrogen-bond acceptors (Lipinski definition) is 5. The number of rotatable bonds is 1. The molecule has 17 heavy (non-hydrogen) atoms. The zero-order valence-corrected chi connectivity index (χ0v) is 8.87. The lowest BCUT2D eigenvalue weighted by Crippen LogP contribution is -2.24. The molecule has 3 rings (SSSR count). The van der Waals surface area contributed by atoms with E-state index < -0.39 is 11.9 Å². The van der Waals surface area contributed by atoms with Gasteiger partial charge >= 0.3 is 11.9 Å². The van der Waals surface area contributed by atoms with E-state index in [1.807, 2.05) is 0 Å². The zero-order chi connectivity index (χ0) is 11.8. The standard InChI is InChI=1S/C11H9N3O3/c15-10-3-7(4-11(16)17-10)8-5-12-9-1-2-13-14(9)6-8/h1-2,5-7H,3-4H2. The molecular weight excluding hydrogens is 222 g/mol. The van der Waals surface area contributed by atoms with Gasteiger partial charge in [0.2, 0.25) is 0 Å². The minimum absolute atomic E-state index is 0.162. The Bertz CT molecular complexity index is 589. The van der Waals surface area contributed by atoms with Crippen LogP contribution >= 0.6 is 0 Å². The highest BCUT2D eigenvalue weighted by atomic mass is 16.6. The molecule has 0 amide bonds. The number of fused-ring (bicyclic) bond motifs is 1. The number of aromatic nitrogens is 3. The fourth-order valence-corrected chi connectivity index (χ4v) is 1.96. The van der Waals surface area contributed by atoms with Crippen molar-refractivity contribution >= 4 is 17.6 Å². The average molecular weight is 231 g/mol. The smallest absolute Gasteiger partial charge is 0.314 e. The fourth-order valence-electron chi connectivity index (χ4n) is 1.96. The van der Waals surface area contributed by atoms with Crippen molar-refractivity contribution in [2.24, 2.45) is 0 Å². The molecule has 6 heteroatoms. The van der Waals surface area contributed by atoms with E-state index in [1.165, 1.54) is 0 Å². The van der Waals surface area contributed by atoms with Gasteiger partial charge in [-0.25, -0.2) is 9.50 Å². The van der Waals surface area contributed by atoms with Crippen LogP contribution in [0.2, 0.25) is 0 Å². The summed E-state index contributed by atoms with van der Waals surface area (Å²) in [6.45, 7) is 0. The minimum atomic E-state index is -0.480. The van der Waals surface area contributed by atoms with Crippen molar-refractivity contribution in [2.45, 2.75) is 18.8 Å². The van der Waals surface area contributed by atoms with Crippen molar-refractivity contribution in [3.8, 4) is 0 Å². The zero-order valence-electron chi connectivity index (χ0n) is 8.87. The third-order valence-corrected chi connectivity index (χ3v) is 2.79. The van der Waals surface area contributed by atoms with Crippen LogP contribution in [0.25, 0.3) is 5.65 Å². The van der Waals surface area contributed by atoms with E-state index in [0.29, 0.717) is 0 Å². The van der Waals surface area contributed by atoms with E-state index in [4.69, 9.17) is 0 Å². The number of esters is 2. The molecule has 0 spiro atoms. The molecule has 1 aliphatic rings. The predicted molar refractivity (Wildman–Crippen MR) is 56.1 cm³/mol. The number of carbonyl (C=O) groups excluding carboxylic acids is 2. The van der Waals surface area contributed by atoms with Crippen LogP contribution in [0.3, 0.4) is 0 Å². The number of hydrogen-bond donors (Lipinski definition) is 0. The Kier molecular flexibility index (Phi) is 2.14. The Hall–Kier alpha value is -2.24. The maximum absolute atomic E-state index is 11.2. The molecule has 2 aromatic rings. The van der Waals surface area contributed by atoms with Gasteiger partial charge in [0.1, 0.15) is 0 Å². The summed E-state index contributed by atoms with van der Waals surface area (Å²) in [5.74, 6) is -1.12. The Morgan fingerprint density at radius 3 is 2.82 bits per heavy atom. The molecule has 3 heterocycles. The maximum Gasteiger partial charge on any atom is 0.314 e. The van der Waals surface area contributed by atoms with Gasteiger partial charge in [0.15, 0.2) is 5.65 Å². The summed E-state index contributed by atoms with van der Waals surface area (Å²) < 4.78 is 6.11. The molecule has 86 valence electrons. The van der Waals surface area contributed by atoms with Crippen LogP contribution in [0.4, 0.5) is 0 Å². The Morgan fingerprint density at radius 2 is 2.06 bits per heavy atom. The van der Waals surface area contributed by atoms with Gasteiger partial charge in [-0.3, -0.25) is 9.59 Å². The van der Waals surface area contributed by atoms with E-state index >= 15 is 0 Å². The van der Waals surface area contributed by atoms with Crippen molar-refractivity contribution in [1.82, 2.24) is 14.6 Å². The van der Waals surface area contributed by atoms with Crippen LogP contribution in [0.15, 0.2) is 24.7 Å². The van der Waals surface area contributed by atoms with Crippen LogP contribution in [0, 0.1) is 0 Å². The number of nitrogens with zero attached hydrogens (tertiary/aromatic N) is 3. The van der Waals surface area contributed by atoms with Crippen LogP contribution in [0.5, 0.6) is 0 Å². The van der Waals surface area contributed by atoms with Crippen molar-refractivity contribution in [3.63, 3.8) is 0 Å². The van der Waals surface area contributed by atoms with E-state index in [0.717, 1.165) is 11.2 Å². The molecule has 0 aromatic carbocycles. The summed E-state index contributed by atoms with van der Waals surface area (Å²) in [4.78, 5) is 26.6. The lowest BCUT2D eigenvalue weighted by Gasteiger charge is -2.19. The fraction of sp³-hybridized carbons (Fsp3) is 0.273. The second-order valence-electron chi connectivity index (χ2n) is 3.97. The first kappa shape index (κ1) is 9.95. The van der Waals surface area contributed by atoms with E-state index in [1.54, 1.807) is 29.2 Å². The second kappa shape index (κ2) is 3.65. The van der Waals surface area contributed by atoms with Gasteiger partial charge in [0.05, 0.1) is 19.0 Å². The van der Waals surface area contributed by atoms with Gasteiger partial charge < -0.3 is 4.74 Å². The Labute approximate surface area is 96.2 Å². The summed E-state index contributed by atoms with van der Waals surface area (Å²) in [5, 5.41) is 4.07. The third-order valence-electron chi connectivity index (χ3n) is 2.79. The Morgan fingerprint density at radius 1 is 1.29 bits per heavy atom. The topological polar surface area (TPSA) is 73.6 Å². The minimum Gasteiger partial charge on any atom is -0.393 e. The summed E-state index contributed by atoms with van der Waals surface area (Å²) in [7, 11) is 0. The molecule has 0 radical (unpaired) electrons. The molecule has 0 N–H and O–H groups in total. The van der Waals surface area contributed by atoms with Gasteiger partial charge in [-0.05, 0) is 5.56 Å². The predicted octanol–water partition coefficient (Wildman–Crippen LogP) is 0.676. The molecule has 0 bridgehead atoms. The first-order valence-corrected chi connectivity index (χ1v) is 5.25. The molecule has 1 fully saturated rings. The largest absolute Gasteiger partial charge is 0.393 e. The number of carbonyl (C=O) groups is 2. The number of ether oxygens (including phenoxy) is 1. The first-order valence-electron chi connectivity index (χ1n) is 5.25. The lowest BCUT2D eigenvalue weighted by atomic mass is 9.93. The molecule has 6 nitrogen and oxygen atoms in total. The van der Waals surface area contributed by atoms with E-state index in [-0.39, 0.29) is 18.8 Å². The highest BCUT2D eigenvalue weighted by molar-refractivity contribution is 5.89. The lowest BCUT2D eigenvalue weighted by molar-refractivity contribution is -0.163. The van der Waals surface area contributed by atoms with Crippen LogP contribution < -0.4 is 0 Å². The molecule has 0 atom stereocenters. The SMILES string of the molecule is O=C1CC(c2cnc3ccnn3c2)CC(=O)O1. The monoisotopic (exact) mass is 231 g/mol. The molecule has 0 unspecified atom stereocenters. The molecule has 0 saturated carbocycles. The molecular formula is C11H9N3O3. The van der Waals surface area contributed by atoms with Crippen LogP contribution in [0.1, 0.15) is 24.3 Å². The van der Waals surface area contributed by atoms with Crippen molar-refractivity contribution in [2.75, 3.05) is 0 Å². The van der Waals surface area contributed by atoms with E-state index in [9.17, 15) is 9.59 Å². The summed E-state index contributed by atoms with van der Waals surface area (Å²) in [6.07, 6.45) is 5.53. The van der Waals surface area contributed by atoms with E-state index in [2.05, 4.69) is 14.8 Å². The second-order valence-corrected chi connectivity index (χ2v) is 3.97. The normalized spacial score (nSPS) is 17.4. The molecule has 1 saturated heterocycles. The van der Waals surface area contributed by atoms with Crippen molar-refractivity contribution in [1.29, 1.82) is 0 Å². The average Bonchev–Trinajstić information content (AvgIpc) is 2.74. The summed E-state index contributed by atoms with van der Waals surface area (Å²) >= 11 is 0. The van der Waals surface area contributed by atoms with Crippen molar-refractivity contribution in [3.05, 3.63) is 30.2 Å². The summed E-state index contributed by atoms with van der Waals surface area (Å²) in [6, 6.07) is 1.78. The molecule has 2 aromatic heterocycles. The third kappa shape index (κ3) is 1.77. The molecule has 1 aliphatic heterocycles. The Balaban J connectivity index is 1.96. The van der Waals surface area contributed by atoms with Gasteiger partial charge in [-0.15, -0.1) is 0 Å². The first-order chi connectivity index (χ1) is 8.22. The van der Waals surface area contributed by atoms with Gasteiger partial charge in [0.25, 0.3) is 0 Å². The number of cyclic esters (lactones) is 2. The van der Waals surface area contributed by atoms with Gasteiger partial charge in [-0.1, -0.05) is 0 Å². The summed E-state index contributed by atoms with van der Waals surface area (Å²) in [5.41, 5.74) is 1.56. The maximum atomic E-state index is 11.2. The quantitative estimate of drug-likeness (QED) is 0.533. The van der Waals surface area contributed by atoms with Crippen LogP contribution in [-0.2, 0) is 14.3 Å². The molecule has 0 aliphatic carbocycles. The van der Waals surface area contributed by atoms with Crippen LogP contribution in [-0.4, -0.2) is 26.5 Å². The highest BCUT2D eigenvalue weighted by Gasteiger charge is 2.28. The van der Waals surface area contributed by atoms with Gasteiger partial charge in [-0.2, -0.15) is 5.10 Å². The highest BCUT2D eigenvalue weighted by Crippen LogP contribution is 2.27.